The Bertz CT molecular complexity index is 453. The van der Waals surface area contributed by atoms with Crippen LogP contribution >= 0.6 is 15.6 Å². The molecule has 7 N–H and O–H groups in total. The lowest BCUT2D eigenvalue weighted by molar-refractivity contribution is -0.336. The van der Waals surface area contributed by atoms with E-state index in [-0.39, 0.29) is 0 Å². The van der Waals surface area contributed by atoms with Crippen molar-refractivity contribution in [3.05, 3.63) is 0 Å². The van der Waals surface area contributed by atoms with Gasteiger partial charge in [0.15, 0.2) is 5.79 Å². The van der Waals surface area contributed by atoms with Crippen LogP contribution in [0.5, 0.6) is 0 Å². The molecule has 1 aliphatic rings. The van der Waals surface area contributed by atoms with E-state index in [2.05, 4.69) is 9.05 Å². The molecule has 0 aromatic carbocycles. The highest BCUT2D eigenvalue weighted by atomic mass is 31.2. The minimum absolute atomic E-state index is 0.907. The molecule has 0 amide bonds. The van der Waals surface area contributed by atoms with E-state index in [1.165, 1.54) is 0 Å². The minimum Gasteiger partial charge on any atom is -0.394 e. The Morgan fingerprint density at radius 2 is 1.52 bits per heavy atom. The fraction of sp³-hybridized carbons (Fsp3) is 1.00. The third-order valence-electron chi connectivity index (χ3n) is 2.64. The number of hydrogen-bond donors (Lipinski definition) is 7. The fourth-order valence-electron chi connectivity index (χ4n) is 1.84. The molecule has 0 radical (unpaired) electrons. The molecule has 1 rings (SSSR count). The van der Waals surface area contributed by atoms with E-state index in [9.17, 15) is 19.3 Å². The molecule has 126 valence electrons. The SMILES string of the molecule is C[C@]1(O)O[C@H](CO)[C@H](OP(=O)(O)O)[C@H](OP(=O)(O)O)[C@H]1O. The van der Waals surface area contributed by atoms with Gasteiger partial charge < -0.3 is 39.6 Å². The molecule has 5 atom stereocenters. The summed E-state index contributed by atoms with van der Waals surface area (Å²) in [7, 11) is -10.4. The average molecular weight is 354 g/mol. The summed E-state index contributed by atoms with van der Waals surface area (Å²) >= 11 is 0. The van der Waals surface area contributed by atoms with E-state index in [1.807, 2.05) is 0 Å². The Balaban J connectivity index is 3.17. The molecule has 12 nitrogen and oxygen atoms in total. The van der Waals surface area contributed by atoms with Crippen LogP contribution in [-0.4, -0.2) is 71.7 Å². The van der Waals surface area contributed by atoms with Crippen molar-refractivity contribution in [3.63, 3.8) is 0 Å². The van der Waals surface area contributed by atoms with Crippen LogP contribution in [0.3, 0.4) is 0 Å². The first kappa shape index (κ1) is 19.1. The lowest BCUT2D eigenvalue weighted by atomic mass is 9.94. The van der Waals surface area contributed by atoms with Crippen molar-refractivity contribution in [3.8, 4) is 0 Å². The molecular formula is C7H16O12P2. The van der Waals surface area contributed by atoms with Gasteiger partial charge in [-0.2, -0.15) is 0 Å². The molecule has 1 fully saturated rings. The summed E-state index contributed by atoms with van der Waals surface area (Å²) in [4.78, 5) is 35.1. The van der Waals surface area contributed by atoms with Crippen molar-refractivity contribution in [2.45, 2.75) is 37.1 Å². The summed E-state index contributed by atoms with van der Waals surface area (Å²) in [6.07, 6.45) is -7.75. The third-order valence-corrected chi connectivity index (χ3v) is 3.67. The first-order valence-electron chi connectivity index (χ1n) is 5.44. The number of aliphatic hydroxyl groups is 3. The normalized spacial score (nSPS) is 38.5. The van der Waals surface area contributed by atoms with Crippen LogP contribution in [0, 0.1) is 0 Å². The maximum Gasteiger partial charge on any atom is 0.470 e. The Kier molecular flexibility index (Phi) is 5.72. The van der Waals surface area contributed by atoms with Crippen LogP contribution in [0.15, 0.2) is 0 Å². The summed E-state index contributed by atoms with van der Waals surface area (Å²) in [6.45, 7) is -0.0291. The topological polar surface area (TPSA) is 203 Å². The molecule has 0 aliphatic carbocycles. The van der Waals surface area contributed by atoms with Crippen molar-refractivity contribution in [2.24, 2.45) is 0 Å². The smallest absolute Gasteiger partial charge is 0.394 e. The van der Waals surface area contributed by atoms with Gasteiger partial charge in [-0.1, -0.05) is 0 Å². The summed E-state index contributed by atoms with van der Waals surface area (Å²) in [5.41, 5.74) is 0. The second-order valence-corrected chi connectivity index (χ2v) is 6.84. The Morgan fingerprint density at radius 1 is 1.10 bits per heavy atom. The van der Waals surface area contributed by atoms with Gasteiger partial charge in [0.25, 0.3) is 0 Å². The average Bonchev–Trinajstić information content (AvgIpc) is 2.25. The summed E-state index contributed by atoms with van der Waals surface area (Å²) in [5, 5.41) is 28.6. The van der Waals surface area contributed by atoms with Crippen LogP contribution < -0.4 is 0 Å². The summed E-state index contributed by atoms with van der Waals surface area (Å²) in [5.74, 6) is -2.40. The maximum atomic E-state index is 10.9. The summed E-state index contributed by atoms with van der Waals surface area (Å²) in [6, 6.07) is 0. The number of rotatable bonds is 5. The van der Waals surface area contributed by atoms with Crippen LogP contribution in [-0.2, 0) is 22.9 Å². The maximum absolute atomic E-state index is 10.9. The van der Waals surface area contributed by atoms with Gasteiger partial charge in [0.05, 0.1) is 6.61 Å². The highest BCUT2D eigenvalue weighted by Crippen LogP contribution is 2.47. The Morgan fingerprint density at radius 3 is 1.90 bits per heavy atom. The van der Waals surface area contributed by atoms with Gasteiger partial charge >= 0.3 is 15.6 Å². The number of phosphoric acid groups is 2. The molecule has 0 spiro atoms. The fourth-order valence-corrected chi connectivity index (χ4v) is 2.97. The van der Waals surface area contributed by atoms with Crippen LogP contribution in [0.4, 0.5) is 0 Å². The van der Waals surface area contributed by atoms with Crippen molar-refractivity contribution in [1.29, 1.82) is 0 Å². The molecule has 1 saturated heterocycles. The Labute approximate surface area is 118 Å². The van der Waals surface area contributed by atoms with Gasteiger partial charge in [0, 0.05) is 0 Å². The third kappa shape index (κ3) is 5.32. The zero-order valence-electron chi connectivity index (χ0n) is 10.6. The van der Waals surface area contributed by atoms with Crippen LogP contribution in [0.2, 0.25) is 0 Å². The van der Waals surface area contributed by atoms with Crippen molar-refractivity contribution in [2.75, 3.05) is 6.61 Å². The van der Waals surface area contributed by atoms with E-state index in [0.717, 1.165) is 6.92 Å². The Hall–Kier alpha value is 0.0600. The lowest BCUT2D eigenvalue weighted by Gasteiger charge is -2.46. The van der Waals surface area contributed by atoms with Gasteiger partial charge in [0.2, 0.25) is 0 Å². The second kappa shape index (κ2) is 6.28. The zero-order chi connectivity index (χ0) is 16.6. The molecule has 0 aromatic rings. The van der Waals surface area contributed by atoms with Gasteiger partial charge in [-0.15, -0.1) is 0 Å². The van der Waals surface area contributed by atoms with E-state index < -0.39 is 52.5 Å². The van der Waals surface area contributed by atoms with Gasteiger partial charge in [-0.05, 0) is 6.92 Å². The first-order valence-corrected chi connectivity index (χ1v) is 8.50. The highest BCUT2D eigenvalue weighted by Gasteiger charge is 2.55. The predicted molar refractivity (Wildman–Crippen MR) is 62.4 cm³/mol. The molecule has 14 heteroatoms. The van der Waals surface area contributed by atoms with Gasteiger partial charge in [0.1, 0.15) is 24.4 Å². The van der Waals surface area contributed by atoms with E-state index in [4.69, 9.17) is 29.4 Å². The molecule has 0 aromatic heterocycles. The highest BCUT2D eigenvalue weighted by molar-refractivity contribution is 7.46. The minimum atomic E-state index is -5.21. The van der Waals surface area contributed by atoms with Crippen LogP contribution in [0.25, 0.3) is 0 Å². The molecular weight excluding hydrogens is 338 g/mol. The first-order chi connectivity index (χ1) is 9.27. The number of ether oxygens (including phenoxy) is 1. The van der Waals surface area contributed by atoms with E-state index in [0.29, 0.717) is 0 Å². The lowest BCUT2D eigenvalue weighted by Crippen LogP contribution is -2.64. The molecule has 0 unspecified atom stereocenters. The van der Waals surface area contributed by atoms with E-state index in [1.54, 1.807) is 0 Å². The quantitative estimate of drug-likeness (QED) is 0.254. The molecule has 1 aliphatic heterocycles. The van der Waals surface area contributed by atoms with E-state index >= 15 is 0 Å². The molecule has 0 bridgehead atoms. The number of aliphatic hydroxyl groups excluding tert-OH is 2. The van der Waals surface area contributed by atoms with Crippen molar-refractivity contribution in [1.82, 2.24) is 0 Å². The zero-order valence-corrected chi connectivity index (χ0v) is 12.4. The molecule has 1 heterocycles. The van der Waals surface area contributed by atoms with Gasteiger partial charge in [-0.25, -0.2) is 9.13 Å². The van der Waals surface area contributed by atoms with Crippen molar-refractivity contribution >= 4 is 15.6 Å². The van der Waals surface area contributed by atoms with Crippen molar-refractivity contribution < 1.29 is 57.8 Å². The number of hydrogen-bond acceptors (Lipinski definition) is 8. The monoisotopic (exact) mass is 354 g/mol. The van der Waals surface area contributed by atoms with Crippen LogP contribution in [0.1, 0.15) is 6.92 Å². The largest absolute Gasteiger partial charge is 0.470 e. The predicted octanol–water partition coefficient (Wildman–Crippen LogP) is -2.60. The standard InChI is InChI=1S/C7H16O12P2/c1-7(10)6(9)5(19-21(14,15)16)4(3(2-8)17-7)18-20(11,12)13/h3-6,8-10H,2H2,1H3,(H2,11,12,13)(H2,14,15,16)/t3-,4+,5+,6-,7+/m1/s1. The second-order valence-electron chi connectivity index (χ2n) is 4.46. The van der Waals surface area contributed by atoms with Gasteiger partial charge in [-0.3, -0.25) is 9.05 Å². The molecule has 0 saturated carbocycles. The number of phosphoric ester groups is 2. The summed E-state index contributed by atoms with van der Waals surface area (Å²) < 4.78 is 35.0. The molecule has 21 heavy (non-hydrogen) atoms.